The van der Waals surface area contributed by atoms with Gasteiger partial charge in [0.15, 0.2) is 0 Å². The van der Waals surface area contributed by atoms with Crippen molar-refractivity contribution in [2.75, 3.05) is 5.32 Å². The van der Waals surface area contributed by atoms with Gasteiger partial charge in [-0.25, -0.2) is 4.98 Å². The molecule has 3 N–H and O–H groups in total. The monoisotopic (exact) mass is 305 g/mol. The van der Waals surface area contributed by atoms with Gasteiger partial charge in [-0.2, -0.15) is 0 Å². The van der Waals surface area contributed by atoms with Crippen LogP contribution in [0.2, 0.25) is 0 Å². The zero-order valence-electron chi connectivity index (χ0n) is 11.7. The maximum absolute atomic E-state index is 5.71. The van der Waals surface area contributed by atoms with Crippen LogP contribution in [0.5, 0.6) is 0 Å². The van der Waals surface area contributed by atoms with E-state index in [-0.39, 0.29) is 6.04 Å². The number of rotatable bonds is 6. The molecule has 2 aromatic heterocycles. The van der Waals surface area contributed by atoms with Crippen molar-refractivity contribution in [1.29, 1.82) is 0 Å². The Bertz CT molecular complexity index is 579. The van der Waals surface area contributed by atoms with Crippen LogP contribution in [0.15, 0.2) is 29.6 Å². The molecule has 1 unspecified atom stereocenters. The summed E-state index contributed by atoms with van der Waals surface area (Å²) in [5, 5.41) is 5.60. The van der Waals surface area contributed by atoms with Crippen molar-refractivity contribution >= 4 is 34.4 Å². The fraction of sp³-hybridized carbons (Fsp3) is 0.333. The quantitative estimate of drug-likeness (QED) is 0.791. The van der Waals surface area contributed by atoms with E-state index in [1.165, 1.54) is 4.88 Å². The van der Waals surface area contributed by atoms with E-state index in [9.17, 15) is 0 Å². The SMILES string of the molecule is CCCC(Nc1cc(C(N)=S)cc(C)n1)c1cccs1. The Kier molecular flexibility index (Phi) is 5.09. The molecule has 3 nitrogen and oxygen atoms in total. The fourth-order valence-corrected chi connectivity index (χ4v) is 3.06. The van der Waals surface area contributed by atoms with Gasteiger partial charge in [0, 0.05) is 16.1 Å². The number of hydrogen-bond acceptors (Lipinski definition) is 4. The molecule has 2 aromatic rings. The maximum atomic E-state index is 5.71. The van der Waals surface area contributed by atoms with Crippen molar-refractivity contribution in [3.63, 3.8) is 0 Å². The average molecular weight is 305 g/mol. The topological polar surface area (TPSA) is 50.9 Å². The molecule has 0 aliphatic rings. The lowest BCUT2D eigenvalue weighted by molar-refractivity contribution is 0.684. The van der Waals surface area contributed by atoms with Crippen molar-refractivity contribution < 1.29 is 0 Å². The van der Waals surface area contributed by atoms with E-state index in [0.29, 0.717) is 4.99 Å². The molecule has 0 saturated heterocycles. The molecule has 2 rings (SSSR count). The van der Waals surface area contributed by atoms with Crippen molar-refractivity contribution in [2.24, 2.45) is 5.73 Å². The molecule has 2 heterocycles. The Labute approximate surface area is 129 Å². The maximum Gasteiger partial charge on any atom is 0.127 e. The summed E-state index contributed by atoms with van der Waals surface area (Å²) in [5.41, 5.74) is 7.49. The van der Waals surface area contributed by atoms with E-state index in [1.807, 2.05) is 19.1 Å². The van der Waals surface area contributed by atoms with Gasteiger partial charge in [-0.15, -0.1) is 11.3 Å². The van der Waals surface area contributed by atoms with Crippen LogP contribution in [0.1, 0.15) is 41.9 Å². The highest BCUT2D eigenvalue weighted by Gasteiger charge is 2.13. The molecule has 0 aliphatic heterocycles. The standard InChI is InChI=1S/C15H19N3S2/c1-3-5-12(13-6-4-7-20-13)18-14-9-11(15(16)19)8-10(2)17-14/h4,6-9,12H,3,5H2,1-2H3,(H2,16,19)(H,17,18). The van der Waals surface area contributed by atoms with E-state index in [2.05, 4.69) is 34.7 Å². The summed E-state index contributed by atoms with van der Waals surface area (Å²) in [6, 6.07) is 8.35. The van der Waals surface area contributed by atoms with Gasteiger partial charge in [-0.1, -0.05) is 31.6 Å². The van der Waals surface area contributed by atoms with Crippen molar-refractivity contribution in [1.82, 2.24) is 4.98 Å². The number of nitrogens with one attached hydrogen (secondary N) is 1. The van der Waals surface area contributed by atoms with E-state index < -0.39 is 0 Å². The van der Waals surface area contributed by atoms with Gasteiger partial charge < -0.3 is 11.1 Å². The Morgan fingerprint density at radius 2 is 2.30 bits per heavy atom. The molecule has 106 valence electrons. The molecule has 20 heavy (non-hydrogen) atoms. The van der Waals surface area contributed by atoms with E-state index >= 15 is 0 Å². The molecule has 5 heteroatoms. The van der Waals surface area contributed by atoms with Gasteiger partial charge in [0.05, 0.1) is 6.04 Å². The largest absolute Gasteiger partial charge is 0.389 e. The minimum absolute atomic E-state index is 0.286. The summed E-state index contributed by atoms with van der Waals surface area (Å²) in [5.74, 6) is 0.833. The van der Waals surface area contributed by atoms with Crippen molar-refractivity contribution in [3.8, 4) is 0 Å². The van der Waals surface area contributed by atoms with E-state index in [4.69, 9.17) is 18.0 Å². The smallest absolute Gasteiger partial charge is 0.127 e. The predicted octanol–water partition coefficient (Wildman–Crippen LogP) is 4.04. The molecule has 1 atom stereocenters. The van der Waals surface area contributed by atoms with Crippen LogP contribution < -0.4 is 11.1 Å². The summed E-state index contributed by atoms with van der Waals surface area (Å²) >= 11 is 6.81. The van der Waals surface area contributed by atoms with Gasteiger partial charge in [0.25, 0.3) is 0 Å². The minimum Gasteiger partial charge on any atom is -0.389 e. The molecule has 0 saturated carbocycles. The first-order valence-electron chi connectivity index (χ1n) is 6.68. The van der Waals surface area contributed by atoms with Crippen LogP contribution in [0.25, 0.3) is 0 Å². The highest BCUT2D eigenvalue weighted by Crippen LogP contribution is 2.27. The highest BCUT2D eigenvalue weighted by atomic mass is 32.1. The normalized spacial score (nSPS) is 12.1. The number of nitrogens with two attached hydrogens (primary N) is 1. The molecule has 0 amide bonds. The molecular formula is C15H19N3S2. The Morgan fingerprint density at radius 3 is 2.90 bits per heavy atom. The molecular weight excluding hydrogens is 286 g/mol. The molecule has 0 radical (unpaired) electrons. The van der Waals surface area contributed by atoms with Crippen molar-refractivity contribution in [2.45, 2.75) is 32.7 Å². The Morgan fingerprint density at radius 1 is 1.50 bits per heavy atom. The third kappa shape index (κ3) is 3.77. The lowest BCUT2D eigenvalue weighted by Crippen LogP contribution is -2.14. The summed E-state index contributed by atoms with van der Waals surface area (Å²) < 4.78 is 0. The number of aryl methyl sites for hydroxylation is 1. The van der Waals surface area contributed by atoms with Crippen LogP contribution >= 0.6 is 23.6 Å². The van der Waals surface area contributed by atoms with E-state index in [0.717, 1.165) is 29.9 Å². The van der Waals surface area contributed by atoms with Crippen LogP contribution in [0, 0.1) is 6.92 Å². The third-order valence-corrected chi connectivity index (χ3v) is 4.25. The van der Waals surface area contributed by atoms with Crippen molar-refractivity contribution in [3.05, 3.63) is 45.8 Å². The minimum atomic E-state index is 0.286. The summed E-state index contributed by atoms with van der Waals surface area (Å²) in [7, 11) is 0. The lowest BCUT2D eigenvalue weighted by Gasteiger charge is -2.18. The van der Waals surface area contributed by atoms with Gasteiger partial charge in [0.2, 0.25) is 0 Å². The second kappa shape index (κ2) is 6.81. The van der Waals surface area contributed by atoms with Crippen LogP contribution in [-0.2, 0) is 0 Å². The zero-order chi connectivity index (χ0) is 14.5. The average Bonchev–Trinajstić information content (AvgIpc) is 2.91. The molecule has 0 aromatic carbocycles. The fourth-order valence-electron chi connectivity index (χ4n) is 2.13. The number of anilines is 1. The van der Waals surface area contributed by atoms with Gasteiger partial charge in [-0.05, 0) is 36.9 Å². The van der Waals surface area contributed by atoms with Gasteiger partial charge in [-0.3, -0.25) is 0 Å². The van der Waals surface area contributed by atoms with Crippen LogP contribution in [0.4, 0.5) is 5.82 Å². The number of pyridine rings is 1. The Balaban J connectivity index is 2.24. The highest BCUT2D eigenvalue weighted by molar-refractivity contribution is 7.80. The van der Waals surface area contributed by atoms with E-state index in [1.54, 1.807) is 11.3 Å². The van der Waals surface area contributed by atoms with Crippen LogP contribution in [-0.4, -0.2) is 9.97 Å². The molecule has 0 aliphatic carbocycles. The third-order valence-electron chi connectivity index (χ3n) is 3.02. The Hall–Kier alpha value is -1.46. The number of nitrogens with zero attached hydrogens (tertiary/aromatic N) is 1. The number of aromatic nitrogens is 1. The first kappa shape index (κ1) is 14.9. The predicted molar refractivity (Wildman–Crippen MR) is 90.5 cm³/mol. The second-order valence-corrected chi connectivity index (χ2v) is 6.17. The number of thiophene rings is 1. The number of hydrogen-bond donors (Lipinski definition) is 2. The van der Waals surface area contributed by atoms with Gasteiger partial charge >= 0.3 is 0 Å². The second-order valence-electron chi connectivity index (χ2n) is 4.75. The molecule has 0 spiro atoms. The summed E-state index contributed by atoms with van der Waals surface area (Å²) in [6.07, 6.45) is 2.18. The zero-order valence-corrected chi connectivity index (χ0v) is 13.4. The summed E-state index contributed by atoms with van der Waals surface area (Å²) in [6.45, 7) is 4.14. The van der Waals surface area contributed by atoms with Gasteiger partial charge in [0.1, 0.15) is 10.8 Å². The molecule has 0 bridgehead atoms. The first-order chi connectivity index (χ1) is 9.60. The molecule has 0 fully saturated rings. The first-order valence-corrected chi connectivity index (χ1v) is 7.97. The lowest BCUT2D eigenvalue weighted by atomic mass is 10.1. The summed E-state index contributed by atoms with van der Waals surface area (Å²) in [4.78, 5) is 6.26. The number of thiocarbonyl (C=S) groups is 1. The van der Waals surface area contributed by atoms with Crippen LogP contribution in [0.3, 0.4) is 0 Å².